The van der Waals surface area contributed by atoms with Crippen LogP contribution in [0.5, 0.6) is 0 Å². The Kier molecular flexibility index (Phi) is 31.5. The van der Waals surface area contributed by atoms with Gasteiger partial charge in [0.25, 0.3) is 0 Å². The van der Waals surface area contributed by atoms with E-state index in [2.05, 4.69) is 21.3 Å². The molecule has 486 valence electrons. The molecule has 0 aromatic heterocycles. The SMILES string of the molecule is C/C=C/C[C@@H](C)[C@@H](O)C1C(=O)N[C@@H](CC)C(=O)N(C)CC(=O)N(C)[C@@H](CC(C)C)C(=O)N[C@@H](C(C)C)C(=O)N(C)[C@@H](CC(C)C)C(=O)N[C@H](C)C(=O)NC(C)C(=O)N(C)[C@H](CC(C)C)C(=O)N(C)[C@@H](CC(C)C)C(=O)N(C)[C@@H](C(C)C)C(=O)N1C. The summed E-state index contributed by atoms with van der Waals surface area (Å²) in [6.07, 6.45) is 3.04. The molecule has 0 spiro atoms. The number of hydrogen-bond donors (Lipinski definition) is 5. The maximum atomic E-state index is 15.1. The van der Waals surface area contributed by atoms with E-state index in [1.165, 1.54) is 87.7 Å². The number of likely N-dealkylation sites (N-methyl/N-ethyl adjacent to an activating group) is 7. The predicted octanol–water partition coefficient (Wildman–Crippen LogP) is 3.27. The van der Waals surface area contributed by atoms with Gasteiger partial charge in [0.15, 0.2) is 0 Å². The maximum absolute atomic E-state index is 15.1. The second-order valence-corrected chi connectivity index (χ2v) is 26.1. The number of carbonyl (C=O) groups excluding carboxylic acids is 11. The van der Waals surface area contributed by atoms with Crippen molar-refractivity contribution in [3.8, 4) is 0 Å². The van der Waals surface area contributed by atoms with E-state index in [1.807, 2.05) is 61.5 Å². The highest BCUT2D eigenvalue weighted by Crippen LogP contribution is 2.26. The molecule has 2 unspecified atom stereocenters. The number of carbonyl (C=O) groups is 11. The summed E-state index contributed by atoms with van der Waals surface area (Å²) in [7, 11) is 9.92. The molecule has 1 saturated heterocycles. The first-order chi connectivity index (χ1) is 39.2. The molecule has 11 amide bonds. The van der Waals surface area contributed by atoms with Crippen LogP contribution in [0, 0.1) is 41.4 Å². The van der Waals surface area contributed by atoms with E-state index >= 15 is 9.59 Å². The molecule has 0 aliphatic carbocycles. The molecule has 12 atom stereocenters. The normalized spacial score (nSPS) is 26.9. The van der Waals surface area contributed by atoms with Gasteiger partial charge in [-0.25, -0.2) is 0 Å². The lowest BCUT2D eigenvalue weighted by Gasteiger charge is -2.41. The van der Waals surface area contributed by atoms with Crippen molar-refractivity contribution in [3.05, 3.63) is 12.2 Å². The summed E-state index contributed by atoms with van der Waals surface area (Å²) in [6.45, 7) is 29.3. The Balaban J connectivity index is 4.32. The molecule has 1 rings (SSSR count). The summed E-state index contributed by atoms with van der Waals surface area (Å²) >= 11 is 0. The summed E-state index contributed by atoms with van der Waals surface area (Å²) in [4.78, 5) is 169. The van der Waals surface area contributed by atoms with Gasteiger partial charge in [-0.15, -0.1) is 0 Å². The minimum absolute atomic E-state index is 0.0229. The third-order valence-corrected chi connectivity index (χ3v) is 16.1. The number of amides is 11. The van der Waals surface area contributed by atoms with Crippen LogP contribution in [0.3, 0.4) is 0 Å². The highest BCUT2D eigenvalue weighted by molar-refractivity contribution is 5.99. The topological polar surface area (TPSA) is 279 Å². The minimum atomic E-state index is -1.61. The Morgan fingerprint density at radius 2 is 0.871 bits per heavy atom. The van der Waals surface area contributed by atoms with Crippen LogP contribution >= 0.6 is 0 Å². The van der Waals surface area contributed by atoms with Crippen LogP contribution in [0.4, 0.5) is 0 Å². The fraction of sp³-hybridized carbons (Fsp3) is 0.790. The van der Waals surface area contributed by atoms with E-state index in [0.29, 0.717) is 6.42 Å². The number of hydrogen-bond acceptors (Lipinski definition) is 12. The third kappa shape index (κ3) is 21.7. The number of aliphatic hydroxyl groups excluding tert-OH is 1. The Bertz CT molecular complexity index is 2330. The van der Waals surface area contributed by atoms with Crippen molar-refractivity contribution in [2.24, 2.45) is 41.4 Å². The van der Waals surface area contributed by atoms with E-state index in [9.17, 15) is 48.3 Å². The van der Waals surface area contributed by atoms with E-state index in [0.717, 1.165) is 9.80 Å². The van der Waals surface area contributed by atoms with Crippen molar-refractivity contribution < 1.29 is 57.8 Å². The van der Waals surface area contributed by atoms with Crippen molar-refractivity contribution >= 4 is 65.0 Å². The lowest BCUT2D eigenvalue weighted by Crippen LogP contribution is -2.63. The van der Waals surface area contributed by atoms with Gasteiger partial charge in [-0.3, -0.25) is 52.7 Å². The highest BCUT2D eigenvalue weighted by Gasteiger charge is 2.45. The van der Waals surface area contributed by atoms with Gasteiger partial charge in [0, 0.05) is 49.3 Å². The molecule has 1 aliphatic heterocycles. The highest BCUT2D eigenvalue weighted by atomic mass is 16.3. The van der Waals surface area contributed by atoms with Gasteiger partial charge in [0.05, 0.1) is 12.6 Å². The second-order valence-electron chi connectivity index (χ2n) is 26.1. The summed E-state index contributed by atoms with van der Waals surface area (Å²) in [5.74, 6) is -9.71. The van der Waals surface area contributed by atoms with Crippen molar-refractivity contribution in [1.29, 1.82) is 0 Å². The molecule has 23 heteroatoms. The molecule has 1 heterocycles. The molecule has 1 fully saturated rings. The van der Waals surface area contributed by atoms with Crippen LogP contribution < -0.4 is 21.3 Å². The van der Waals surface area contributed by atoms with E-state index in [-0.39, 0.29) is 55.8 Å². The zero-order chi connectivity index (χ0) is 66.0. The average Bonchev–Trinajstić information content (AvgIpc) is 3.62. The lowest BCUT2D eigenvalue weighted by atomic mass is 9.91. The average molecular weight is 1200 g/mol. The first-order valence-electron chi connectivity index (χ1n) is 30.6. The van der Waals surface area contributed by atoms with Gasteiger partial charge in [0.1, 0.15) is 60.4 Å². The van der Waals surface area contributed by atoms with Crippen molar-refractivity contribution in [1.82, 2.24) is 55.6 Å². The van der Waals surface area contributed by atoms with Crippen molar-refractivity contribution in [2.75, 3.05) is 55.9 Å². The van der Waals surface area contributed by atoms with Gasteiger partial charge < -0.3 is 60.7 Å². The van der Waals surface area contributed by atoms with Crippen LogP contribution in [-0.4, -0.2) is 227 Å². The second kappa shape index (κ2) is 34.9. The molecule has 85 heavy (non-hydrogen) atoms. The minimum Gasteiger partial charge on any atom is -0.390 e. The fourth-order valence-electron chi connectivity index (χ4n) is 10.7. The molecular weight excluding hydrogens is 1090 g/mol. The summed E-state index contributed by atoms with van der Waals surface area (Å²) < 4.78 is 0. The van der Waals surface area contributed by atoms with Crippen molar-refractivity contribution in [3.63, 3.8) is 0 Å². The molecule has 23 nitrogen and oxygen atoms in total. The van der Waals surface area contributed by atoms with Gasteiger partial charge in [-0.2, -0.15) is 0 Å². The van der Waals surface area contributed by atoms with Gasteiger partial charge >= 0.3 is 0 Å². The van der Waals surface area contributed by atoms with Crippen molar-refractivity contribution in [2.45, 2.75) is 223 Å². The largest absolute Gasteiger partial charge is 0.390 e. The van der Waals surface area contributed by atoms with Crippen LogP contribution in [-0.2, 0) is 52.7 Å². The molecule has 5 N–H and O–H groups in total. The molecule has 0 bridgehead atoms. The number of allylic oxidation sites excluding steroid dienone is 2. The summed E-state index contributed by atoms with van der Waals surface area (Å²) in [5.41, 5.74) is 0. The van der Waals surface area contributed by atoms with Crippen LogP contribution in [0.2, 0.25) is 0 Å². The van der Waals surface area contributed by atoms with Gasteiger partial charge in [-0.05, 0) is 101 Å². The molecule has 0 aromatic carbocycles. The van der Waals surface area contributed by atoms with Crippen LogP contribution in [0.1, 0.15) is 156 Å². The van der Waals surface area contributed by atoms with Crippen LogP contribution in [0.15, 0.2) is 12.2 Å². The number of nitrogens with one attached hydrogen (secondary N) is 4. The first-order valence-corrected chi connectivity index (χ1v) is 30.6. The zero-order valence-electron chi connectivity index (χ0n) is 56.1. The molecule has 1 aliphatic rings. The smallest absolute Gasteiger partial charge is 0.246 e. The Hall–Kier alpha value is -6.13. The quantitative estimate of drug-likeness (QED) is 0.148. The number of rotatable bonds is 15. The van der Waals surface area contributed by atoms with Gasteiger partial charge in [-0.1, -0.05) is 109 Å². The summed E-state index contributed by atoms with van der Waals surface area (Å²) in [5, 5.41) is 23.1. The number of nitrogens with zero attached hydrogens (tertiary/aromatic N) is 7. The molecule has 0 saturated carbocycles. The summed E-state index contributed by atoms with van der Waals surface area (Å²) in [6, 6.07) is -12.3. The Morgan fingerprint density at radius 1 is 0.459 bits per heavy atom. The Labute approximate surface area is 508 Å². The maximum Gasteiger partial charge on any atom is 0.246 e. The fourth-order valence-corrected chi connectivity index (χ4v) is 10.7. The van der Waals surface area contributed by atoms with Crippen LogP contribution in [0.25, 0.3) is 0 Å². The molecular formula is C62H111N11O12. The Morgan fingerprint density at radius 3 is 1.32 bits per heavy atom. The zero-order valence-corrected chi connectivity index (χ0v) is 56.1. The van der Waals surface area contributed by atoms with E-state index in [1.54, 1.807) is 54.5 Å². The third-order valence-electron chi connectivity index (χ3n) is 16.1. The van der Waals surface area contributed by atoms with E-state index in [4.69, 9.17) is 0 Å². The van der Waals surface area contributed by atoms with Gasteiger partial charge in [0.2, 0.25) is 65.0 Å². The molecule has 0 radical (unpaired) electrons. The monoisotopic (exact) mass is 1200 g/mol. The number of aliphatic hydroxyl groups is 1. The predicted molar refractivity (Wildman–Crippen MR) is 328 cm³/mol. The standard InChI is InChI=1S/C62H111N11O12/c1-25-27-28-40(15)52(75)51-56(79)65-43(26-2)58(81)67(18)33-48(74)68(19)44(29-34(3)4)55(78)66-49(38(11)12)61(84)69(20)45(30-35(5)6)54(77)63-41(16)53(76)64-42(17)57(80)70(21)46(31-36(7)8)59(82)71(22)47(32-37(9)10)60(83)72(23)50(39(13)14)62(85)73(51)24/h25,27,34-47,49-52,75H,26,28-33H2,1-24H3,(H,63,77)(H,64,76)(H,65,79)(H,66,78)/b27-25+/t40-,41-,42?,43+,44+,45+,46-,47+,49+,50+,51?,52-/m1/s1. The van der Waals surface area contributed by atoms with E-state index < -0.39 is 156 Å². The molecule has 0 aromatic rings. The first kappa shape index (κ1) is 76.9. The lowest BCUT2D eigenvalue weighted by molar-refractivity contribution is -0.157.